The molecular weight excluding hydrogens is 256 g/mol. The first kappa shape index (κ1) is 11.0. The number of fused-ring (bicyclic) bond motifs is 2. The third-order valence-corrected chi connectivity index (χ3v) is 3.03. The van der Waals surface area contributed by atoms with E-state index >= 15 is 0 Å². The van der Waals surface area contributed by atoms with Gasteiger partial charge in [0, 0.05) is 18.0 Å². The van der Waals surface area contributed by atoms with Gasteiger partial charge in [0.2, 0.25) is 6.79 Å². The van der Waals surface area contributed by atoms with Crippen LogP contribution in [0.25, 0.3) is 11.0 Å². The molecule has 1 aliphatic rings. The van der Waals surface area contributed by atoms with Crippen molar-refractivity contribution in [3.05, 3.63) is 42.9 Å². The van der Waals surface area contributed by atoms with Crippen molar-refractivity contribution < 1.29 is 9.47 Å². The molecule has 6 nitrogen and oxygen atoms in total. The molecular formula is C14H10N4O2. The smallest absolute Gasteiger partial charge is 0.231 e. The Labute approximate surface area is 114 Å². The molecule has 0 saturated heterocycles. The first-order valence-corrected chi connectivity index (χ1v) is 6.12. The lowest BCUT2D eigenvalue weighted by molar-refractivity contribution is 0.174. The van der Waals surface area contributed by atoms with Gasteiger partial charge in [0.25, 0.3) is 0 Å². The van der Waals surface area contributed by atoms with Crippen molar-refractivity contribution >= 4 is 22.5 Å². The fourth-order valence-electron chi connectivity index (χ4n) is 2.10. The summed E-state index contributed by atoms with van der Waals surface area (Å²) in [5, 5.41) is 3.23. The molecule has 0 radical (unpaired) electrons. The van der Waals surface area contributed by atoms with Crippen molar-refractivity contribution in [2.24, 2.45) is 0 Å². The summed E-state index contributed by atoms with van der Waals surface area (Å²) in [5.74, 6) is 2.14. The SMILES string of the molecule is c1cnc2c(Nc3ccc4c(c3)OCO4)ncnc2c1. The zero-order chi connectivity index (χ0) is 13.4. The number of ether oxygens (including phenoxy) is 2. The molecule has 2 aromatic heterocycles. The van der Waals surface area contributed by atoms with Gasteiger partial charge in [0.15, 0.2) is 17.3 Å². The molecule has 0 fully saturated rings. The highest BCUT2D eigenvalue weighted by Gasteiger charge is 2.14. The number of benzene rings is 1. The molecule has 0 unspecified atom stereocenters. The summed E-state index contributed by atoms with van der Waals surface area (Å²) in [4.78, 5) is 12.7. The van der Waals surface area contributed by atoms with Crippen LogP contribution in [0.2, 0.25) is 0 Å². The van der Waals surface area contributed by atoms with Crippen LogP contribution < -0.4 is 14.8 Å². The first-order chi connectivity index (χ1) is 9.90. The summed E-state index contributed by atoms with van der Waals surface area (Å²) in [6, 6.07) is 9.39. The highest BCUT2D eigenvalue weighted by Crippen LogP contribution is 2.35. The topological polar surface area (TPSA) is 69.2 Å². The second kappa shape index (κ2) is 4.34. The number of aromatic nitrogens is 3. The summed E-state index contributed by atoms with van der Waals surface area (Å²) < 4.78 is 10.6. The maximum atomic E-state index is 5.35. The number of hydrogen-bond donors (Lipinski definition) is 1. The van der Waals surface area contributed by atoms with Gasteiger partial charge in [-0.15, -0.1) is 0 Å². The summed E-state index contributed by atoms with van der Waals surface area (Å²) in [7, 11) is 0. The zero-order valence-electron chi connectivity index (χ0n) is 10.4. The van der Waals surface area contributed by atoms with E-state index in [0.29, 0.717) is 5.82 Å². The van der Waals surface area contributed by atoms with Crippen LogP contribution in [0.3, 0.4) is 0 Å². The van der Waals surface area contributed by atoms with E-state index in [9.17, 15) is 0 Å². The maximum Gasteiger partial charge on any atom is 0.231 e. The molecule has 1 aliphatic heterocycles. The van der Waals surface area contributed by atoms with Crippen molar-refractivity contribution in [3.8, 4) is 11.5 Å². The lowest BCUT2D eigenvalue weighted by Crippen LogP contribution is -1.97. The lowest BCUT2D eigenvalue weighted by Gasteiger charge is -2.08. The number of nitrogens with zero attached hydrogens (tertiary/aromatic N) is 3. The summed E-state index contributed by atoms with van der Waals surface area (Å²) in [6.45, 7) is 0.261. The molecule has 6 heteroatoms. The van der Waals surface area contributed by atoms with Crippen LogP contribution in [0.1, 0.15) is 0 Å². The average Bonchev–Trinajstić information content (AvgIpc) is 2.95. The van der Waals surface area contributed by atoms with Crippen molar-refractivity contribution in [1.29, 1.82) is 0 Å². The summed E-state index contributed by atoms with van der Waals surface area (Å²) in [5.41, 5.74) is 2.39. The Kier molecular flexibility index (Phi) is 2.38. The van der Waals surface area contributed by atoms with Crippen LogP contribution in [-0.2, 0) is 0 Å². The predicted octanol–water partition coefficient (Wildman–Crippen LogP) is 2.50. The van der Waals surface area contributed by atoms with E-state index < -0.39 is 0 Å². The second-order valence-electron chi connectivity index (χ2n) is 4.29. The van der Waals surface area contributed by atoms with E-state index in [-0.39, 0.29) is 6.79 Å². The minimum atomic E-state index is 0.261. The van der Waals surface area contributed by atoms with E-state index in [4.69, 9.17) is 9.47 Å². The van der Waals surface area contributed by atoms with E-state index in [2.05, 4.69) is 20.3 Å². The van der Waals surface area contributed by atoms with Crippen LogP contribution in [0, 0.1) is 0 Å². The van der Waals surface area contributed by atoms with Crippen molar-refractivity contribution in [2.75, 3.05) is 12.1 Å². The molecule has 3 aromatic rings. The predicted molar refractivity (Wildman–Crippen MR) is 73.2 cm³/mol. The molecule has 0 atom stereocenters. The molecule has 98 valence electrons. The third-order valence-electron chi connectivity index (χ3n) is 3.03. The molecule has 1 aromatic carbocycles. The van der Waals surface area contributed by atoms with Gasteiger partial charge in [-0.3, -0.25) is 4.98 Å². The van der Waals surface area contributed by atoms with Crippen molar-refractivity contribution in [1.82, 2.24) is 15.0 Å². The Morgan fingerprint density at radius 3 is 2.95 bits per heavy atom. The van der Waals surface area contributed by atoms with Crippen LogP contribution in [0.5, 0.6) is 11.5 Å². The van der Waals surface area contributed by atoms with Gasteiger partial charge in [-0.05, 0) is 24.3 Å². The molecule has 0 bridgehead atoms. The maximum absolute atomic E-state index is 5.35. The van der Waals surface area contributed by atoms with Crippen LogP contribution in [0.4, 0.5) is 11.5 Å². The van der Waals surface area contributed by atoms with Crippen molar-refractivity contribution in [2.45, 2.75) is 0 Å². The first-order valence-electron chi connectivity index (χ1n) is 6.12. The Morgan fingerprint density at radius 2 is 1.95 bits per heavy atom. The number of rotatable bonds is 2. The van der Waals surface area contributed by atoms with Gasteiger partial charge in [-0.2, -0.15) is 0 Å². The molecule has 1 N–H and O–H groups in total. The largest absolute Gasteiger partial charge is 0.454 e. The van der Waals surface area contributed by atoms with Gasteiger partial charge in [0.1, 0.15) is 11.8 Å². The van der Waals surface area contributed by atoms with Gasteiger partial charge in [0.05, 0.1) is 5.52 Å². The third kappa shape index (κ3) is 1.78. The zero-order valence-corrected chi connectivity index (χ0v) is 10.4. The fourth-order valence-corrected chi connectivity index (χ4v) is 2.10. The highest BCUT2D eigenvalue weighted by molar-refractivity contribution is 5.86. The van der Waals surface area contributed by atoms with Gasteiger partial charge >= 0.3 is 0 Å². The van der Waals surface area contributed by atoms with Crippen LogP contribution in [-0.4, -0.2) is 21.7 Å². The minimum absolute atomic E-state index is 0.261. The average molecular weight is 266 g/mol. The fraction of sp³-hybridized carbons (Fsp3) is 0.0714. The molecule has 3 heterocycles. The van der Waals surface area contributed by atoms with Gasteiger partial charge in [-0.1, -0.05) is 0 Å². The molecule has 0 amide bonds. The molecule has 0 spiro atoms. The van der Waals surface area contributed by atoms with Gasteiger partial charge < -0.3 is 14.8 Å². The Morgan fingerprint density at radius 1 is 1.00 bits per heavy atom. The Hall–Kier alpha value is -2.89. The van der Waals surface area contributed by atoms with E-state index in [1.54, 1.807) is 6.20 Å². The van der Waals surface area contributed by atoms with Crippen LogP contribution in [0.15, 0.2) is 42.9 Å². The minimum Gasteiger partial charge on any atom is -0.454 e. The molecule has 0 saturated carbocycles. The Bertz CT molecular complexity index is 786. The van der Waals surface area contributed by atoms with E-state index in [0.717, 1.165) is 28.2 Å². The van der Waals surface area contributed by atoms with E-state index in [1.165, 1.54) is 6.33 Å². The van der Waals surface area contributed by atoms with Crippen LogP contribution >= 0.6 is 0 Å². The normalized spacial score (nSPS) is 12.6. The van der Waals surface area contributed by atoms with E-state index in [1.807, 2.05) is 30.3 Å². The molecule has 20 heavy (non-hydrogen) atoms. The standard InChI is InChI=1S/C14H10N4O2/c1-2-10-13(15-5-1)14(17-7-16-10)18-9-3-4-11-12(6-9)20-8-19-11/h1-7H,8H2,(H,16,17,18). The van der Waals surface area contributed by atoms with Gasteiger partial charge in [-0.25, -0.2) is 9.97 Å². The second-order valence-corrected chi connectivity index (χ2v) is 4.29. The molecule has 0 aliphatic carbocycles. The number of anilines is 2. The monoisotopic (exact) mass is 266 g/mol. The number of hydrogen-bond acceptors (Lipinski definition) is 6. The quantitative estimate of drug-likeness (QED) is 0.768. The Balaban J connectivity index is 1.74. The number of nitrogens with one attached hydrogen (secondary N) is 1. The number of pyridine rings is 1. The molecule has 4 rings (SSSR count). The summed E-state index contributed by atoms with van der Waals surface area (Å²) >= 11 is 0. The van der Waals surface area contributed by atoms with Crippen molar-refractivity contribution in [3.63, 3.8) is 0 Å². The summed E-state index contributed by atoms with van der Waals surface area (Å²) in [6.07, 6.45) is 3.23. The lowest BCUT2D eigenvalue weighted by atomic mass is 10.2. The highest BCUT2D eigenvalue weighted by atomic mass is 16.7.